The van der Waals surface area contributed by atoms with Crippen molar-refractivity contribution in [2.75, 3.05) is 6.54 Å². The van der Waals surface area contributed by atoms with Crippen LogP contribution in [0.15, 0.2) is 36.4 Å². The molecule has 0 aliphatic carbocycles. The van der Waals surface area contributed by atoms with Crippen LogP contribution in [0.25, 0.3) is 10.8 Å². The lowest BCUT2D eigenvalue weighted by Gasteiger charge is -2.19. The molecule has 4 nitrogen and oxygen atoms in total. The van der Waals surface area contributed by atoms with Crippen molar-refractivity contribution in [3.05, 3.63) is 42.0 Å². The van der Waals surface area contributed by atoms with E-state index < -0.39 is 12.2 Å². The molecule has 0 aliphatic heterocycles. The smallest absolute Gasteiger partial charge is 0.122 e. The topological polar surface area (TPSA) is 86.7 Å². The van der Waals surface area contributed by atoms with Crippen molar-refractivity contribution in [1.82, 2.24) is 0 Å². The first-order valence-electron chi connectivity index (χ1n) is 5.42. The Bertz CT molecular complexity index is 527. The van der Waals surface area contributed by atoms with Gasteiger partial charge in [-0.2, -0.15) is 0 Å². The molecule has 17 heavy (non-hydrogen) atoms. The first-order chi connectivity index (χ1) is 8.15. The van der Waals surface area contributed by atoms with E-state index in [0.717, 1.165) is 5.39 Å². The van der Waals surface area contributed by atoms with E-state index in [9.17, 15) is 15.3 Å². The number of phenolic OH excluding ortho intramolecular Hbond substituents is 1. The maximum atomic E-state index is 9.98. The van der Waals surface area contributed by atoms with Crippen LogP contribution in [0.1, 0.15) is 11.7 Å². The van der Waals surface area contributed by atoms with Crippen molar-refractivity contribution in [2.24, 2.45) is 5.73 Å². The summed E-state index contributed by atoms with van der Waals surface area (Å²) < 4.78 is 0. The van der Waals surface area contributed by atoms with Gasteiger partial charge in [0, 0.05) is 12.1 Å². The summed E-state index contributed by atoms with van der Waals surface area (Å²) in [5.41, 5.74) is 5.63. The number of hydrogen-bond acceptors (Lipinski definition) is 4. The molecule has 0 saturated heterocycles. The second-order valence-electron chi connectivity index (χ2n) is 3.97. The maximum absolute atomic E-state index is 9.98. The molecule has 0 radical (unpaired) electrons. The minimum atomic E-state index is -1.19. The number of nitrogens with two attached hydrogens (primary N) is 1. The largest absolute Gasteiger partial charge is 0.508 e. The predicted molar refractivity (Wildman–Crippen MR) is 65.6 cm³/mol. The first kappa shape index (κ1) is 11.9. The van der Waals surface area contributed by atoms with Crippen LogP contribution in [0, 0.1) is 0 Å². The number of benzene rings is 2. The van der Waals surface area contributed by atoms with Gasteiger partial charge in [0.1, 0.15) is 11.9 Å². The third kappa shape index (κ3) is 2.10. The molecule has 0 saturated carbocycles. The van der Waals surface area contributed by atoms with Crippen molar-refractivity contribution in [2.45, 2.75) is 12.2 Å². The normalized spacial score (nSPS) is 14.8. The van der Waals surface area contributed by atoms with Gasteiger partial charge >= 0.3 is 0 Å². The molecule has 2 atom stereocenters. The molecule has 0 aliphatic rings. The fourth-order valence-electron chi connectivity index (χ4n) is 1.92. The molecule has 2 aromatic rings. The molecule has 0 heterocycles. The molecular formula is C13H15NO3. The average Bonchev–Trinajstić information content (AvgIpc) is 2.37. The highest BCUT2D eigenvalue weighted by Gasteiger charge is 2.22. The Hall–Kier alpha value is -1.62. The average molecular weight is 233 g/mol. The summed E-state index contributed by atoms with van der Waals surface area (Å²) in [4.78, 5) is 0. The Kier molecular flexibility index (Phi) is 3.28. The minimum absolute atomic E-state index is 0.0382. The summed E-state index contributed by atoms with van der Waals surface area (Å²) in [6.45, 7) is -0.0656. The molecular weight excluding hydrogens is 218 g/mol. The van der Waals surface area contributed by atoms with Crippen LogP contribution in [-0.2, 0) is 0 Å². The second kappa shape index (κ2) is 4.71. The van der Waals surface area contributed by atoms with Crippen molar-refractivity contribution < 1.29 is 15.3 Å². The monoisotopic (exact) mass is 233 g/mol. The van der Waals surface area contributed by atoms with Crippen molar-refractivity contribution in [3.63, 3.8) is 0 Å². The van der Waals surface area contributed by atoms with Gasteiger partial charge in [0.2, 0.25) is 0 Å². The van der Waals surface area contributed by atoms with E-state index in [1.807, 2.05) is 18.2 Å². The van der Waals surface area contributed by atoms with Gasteiger partial charge in [-0.15, -0.1) is 0 Å². The Labute approximate surface area is 98.9 Å². The van der Waals surface area contributed by atoms with Crippen LogP contribution < -0.4 is 5.73 Å². The van der Waals surface area contributed by atoms with Crippen molar-refractivity contribution in [3.8, 4) is 5.75 Å². The summed E-state index contributed by atoms with van der Waals surface area (Å²) in [6.07, 6.45) is -2.28. The number of aliphatic hydroxyl groups is 2. The number of hydrogen-bond donors (Lipinski definition) is 4. The Morgan fingerprint density at radius 1 is 1.06 bits per heavy atom. The van der Waals surface area contributed by atoms with E-state index in [1.165, 1.54) is 6.07 Å². The minimum Gasteiger partial charge on any atom is -0.508 e. The SMILES string of the molecule is NCC(O)C(O)c1c(O)ccc2ccccc12. The van der Waals surface area contributed by atoms with E-state index in [2.05, 4.69) is 0 Å². The third-order valence-corrected chi connectivity index (χ3v) is 2.85. The third-order valence-electron chi connectivity index (χ3n) is 2.85. The van der Waals surface area contributed by atoms with Gasteiger partial charge in [-0.25, -0.2) is 0 Å². The zero-order valence-electron chi connectivity index (χ0n) is 9.24. The maximum Gasteiger partial charge on any atom is 0.122 e. The quantitative estimate of drug-likeness (QED) is 0.634. The second-order valence-corrected chi connectivity index (χ2v) is 3.97. The molecule has 0 spiro atoms. The lowest BCUT2D eigenvalue weighted by atomic mass is 9.96. The molecule has 0 fully saturated rings. The zero-order chi connectivity index (χ0) is 12.4. The molecule has 2 rings (SSSR count). The lowest BCUT2D eigenvalue weighted by molar-refractivity contribution is 0.0239. The van der Waals surface area contributed by atoms with Crippen LogP contribution in [0.5, 0.6) is 5.75 Å². The van der Waals surface area contributed by atoms with Gasteiger partial charge in [0.25, 0.3) is 0 Å². The molecule has 0 amide bonds. The Morgan fingerprint density at radius 2 is 1.76 bits per heavy atom. The predicted octanol–water partition coefficient (Wildman–Crippen LogP) is 0.898. The fraction of sp³-hybridized carbons (Fsp3) is 0.231. The highest BCUT2D eigenvalue weighted by molar-refractivity contribution is 5.88. The van der Waals surface area contributed by atoms with Gasteiger partial charge in [0.15, 0.2) is 0 Å². The highest BCUT2D eigenvalue weighted by Crippen LogP contribution is 2.33. The lowest BCUT2D eigenvalue weighted by Crippen LogP contribution is -2.27. The molecule has 5 N–H and O–H groups in total. The van der Waals surface area contributed by atoms with Crippen LogP contribution in [0.4, 0.5) is 0 Å². The summed E-state index contributed by atoms with van der Waals surface area (Å²) in [5.74, 6) is -0.0382. The summed E-state index contributed by atoms with van der Waals surface area (Å²) in [5, 5.41) is 31.0. The van der Waals surface area contributed by atoms with E-state index in [1.54, 1.807) is 12.1 Å². The number of fused-ring (bicyclic) bond motifs is 1. The number of aromatic hydroxyl groups is 1. The van der Waals surface area contributed by atoms with Crippen molar-refractivity contribution >= 4 is 10.8 Å². The first-order valence-corrected chi connectivity index (χ1v) is 5.42. The number of aliphatic hydroxyl groups excluding tert-OH is 2. The van der Waals surface area contributed by atoms with Crippen LogP contribution in [-0.4, -0.2) is 28.0 Å². The summed E-state index contributed by atoms with van der Waals surface area (Å²) in [7, 11) is 0. The van der Waals surface area contributed by atoms with Crippen LogP contribution >= 0.6 is 0 Å². The van der Waals surface area contributed by atoms with E-state index >= 15 is 0 Å². The molecule has 90 valence electrons. The van der Waals surface area contributed by atoms with E-state index in [0.29, 0.717) is 10.9 Å². The fourth-order valence-corrected chi connectivity index (χ4v) is 1.92. The van der Waals surface area contributed by atoms with Gasteiger partial charge < -0.3 is 21.1 Å². The van der Waals surface area contributed by atoms with Crippen LogP contribution in [0.3, 0.4) is 0 Å². The van der Waals surface area contributed by atoms with Gasteiger partial charge in [-0.3, -0.25) is 0 Å². The molecule has 2 aromatic carbocycles. The van der Waals surface area contributed by atoms with Crippen molar-refractivity contribution in [1.29, 1.82) is 0 Å². The van der Waals surface area contributed by atoms with Crippen LogP contribution in [0.2, 0.25) is 0 Å². The molecule has 4 heteroatoms. The van der Waals surface area contributed by atoms with Gasteiger partial charge in [-0.1, -0.05) is 30.3 Å². The summed E-state index contributed by atoms with van der Waals surface area (Å²) >= 11 is 0. The van der Waals surface area contributed by atoms with E-state index in [-0.39, 0.29) is 12.3 Å². The Morgan fingerprint density at radius 3 is 2.47 bits per heavy atom. The zero-order valence-corrected chi connectivity index (χ0v) is 9.24. The van der Waals surface area contributed by atoms with Gasteiger partial charge in [0.05, 0.1) is 6.10 Å². The highest BCUT2D eigenvalue weighted by atomic mass is 16.3. The standard InChI is InChI=1S/C13H15NO3/c14-7-11(16)13(17)12-9-4-2-1-3-8(9)5-6-10(12)15/h1-6,11,13,15-17H,7,14H2. The molecule has 0 bridgehead atoms. The summed E-state index contributed by atoms with van der Waals surface area (Å²) in [6, 6.07) is 10.6. The molecule has 0 aromatic heterocycles. The Balaban J connectivity index is 2.62. The molecule has 2 unspecified atom stereocenters. The van der Waals surface area contributed by atoms with E-state index in [4.69, 9.17) is 5.73 Å². The number of rotatable bonds is 3. The number of phenols is 1. The van der Waals surface area contributed by atoms with Gasteiger partial charge in [-0.05, 0) is 16.8 Å².